The van der Waals surface area contributed by atoms with Crippen molar-refractivity contribution >= 4 is 17.8 Å². The zero-order valence-corrected chi connectivity index (χ0v) is 11.5. The largest absolute Gasteiger partial charge is 0.481 e. The molecule has 114 valence electrons. The Labute approximate surface area is 117 Å². The minimum atomic E-state index is -1.07. The Bertz CT molecular complexity index is 353. The molecule has 1 fully saturated rings. The van der Waals surface area contributed by atoms with Gasteiger partial charge in [-0.2, -0.15) is 0 Å². The number of carboxylic acid groups (broad SMARTS) is 2. The van der Waals surface area contributed by atoms with E-state index in [9.17, 15) is 14.4 Å². The van der Waals surface area contributed by atoms with Crippen LogP contribution in [0.5, 0.6) is 0 Å². The molecular formula is C13H22N2O5. The lowest BCUT2D eigenvalue weighted by Crippen LogP contribution is -2.44. The number of carbonyl (C=O) groups is 3. The minimum Gasteiger partial charge on any atom is -0.481 e. The van der Waals surface area contributed by atoms with Gasteiger partial charge in [-0.15, -0.1) is 0 Å². The Kier molecular flexibility index (Phi) is 7.00. The van der Waals surface area contributed by atoms with Crippen molar-refractivity contribution in [2.24, 2.45) is 0 Å². The molecule has 0 unspecified atom stereocenters. The maximum Gasteiger partial charge on any atom is 0.317 e. The van der Waals surface area contributed by atoms with Crippen LogP contribution in [0.2, 0.25) is 0 Å². The van der Waals surface area contributed by atoms with Gasteiger partial charge in [0.2, 0.25) is 5.91 Å². The van der Waals surface area contributed by atoms with Crippen molar-refractivity contribution < 1.29 is 24.6 Å². The Morgan fingerprint density at radius 2 is 1.65 bits per heavy atom. The van der Waals surface area contributed by atoms with Gasteiger partial charge in [0.25, 0.3) is 0 Å². The van der Waals surface area contributed by atoms with Gasteiger partial charge in [0, 0.05) is 12.6 Å². The Hall–Kier alpha value is -1.63. The van der Waals surface area contributed by atoms with Gasteiger partial charge in [-0.05, 0) is 12.8 Å². The van der Waals surface area contributed by atoms with E-state index >= 15 is 0 Å². The number of hydrogen-bond donors (Lipinski definition) is 3. The van der Waals surface area contributed by atoms with Crippen LogP contribution in [-0.2, 0) is 14.4 Å². The van der Waals surface area contributed by atoms with E-state index in [1.807, 2.05) is 0 Å². The summed E-state index contributed by atoms with van der Waals surface area (Å²) in [6.45, 7) is -0.346. The summed E-state index contributed by atoms with van der Waals surface area (Å²) in [6, 6.07) is 0.169. The first-order valence-electron chi connectivity index (χ1n) is 6.92. The number of carboxylic acids is 2. The molecular weight excluding hydrogens is 264 g/mol. The second-order valence-electron chi connectivity index (χ2n) is 5.15. The fourth-order valence-electron chi connectivity index (χ4n) is 2.38. The molecule has 0 spiro atoms. The molecule has 3 N–H and O–H groups in total. The van der Waals surface area contributed by atoms with Crippen LogP contribution in [0.25, 0.3) is 0 Å². The molecule has 0 heterocycles. The number of carbonyl (C=O) groups excluding carboxylic acids is 1. The van der Waals surface area contributed by atoms with Crippen LogP contribution in [0, 0.1) is 0 Å². The van der Waals surface area contributed by atoms with E-state index in [0.717, 1.165) is 25.7 Å². The second-order valence-corrected chi connectivity index (χ2v) is 5.15. The van der Waals surface area contributed by atoms with Gasteiger partial charge < -0.3 is 15.5 Å². The number of aliphatic carboxylic acids is 2. The van der Waals surface area contributed by atoms with Crippen molar-refractivity contribution in [3.63, 3.8) is 0 Å². The van der Waals surface area contributed by atoms with Gasteiger partial charge in [0.1, 0.15) is 0 Å². The maximum absolute atomic E-state index is 11.9. The summed E-state index contributed by atoms with van der Waals surface area (Å²) < 4.78 is 0. The fourth-order valence-corrected chi connectivity index (χ4v) is 2.38. The molecule has 0 aliphatic heterocycles. The summed E-state index contributed by atoms with van der Waals surface area (Å²) in [7, 11) is 0. The highest BCUT2D eigenvalue weighted by molar-refractivity contribution is 5.79. The quantitative estimate of drug-likeness (QED) is 0.592. The molecule has 1 amide bonds. The van der Waals surface area contributed by atoms with E-state index in [-0.39, 0.29) is 38.0 Å². The normalized spacial score (nSPS) is 16.1. The van der Waals surface area contributed by atoms with E-state index < -0.39 is 11.9 Å². The molecule has 1 rings (SSSR count). The van der Waals surface area contributed by atoms with Crippen LogP contribution in [0.15, 0.2) is 0 Å². The topological polar surface area (TPSA) is 107 Å². The summed E-state index contributed by atoms with van der Waals surface area (Å²) in [6.07, 6.45) is 5.13. The Balaban J connectivity index is 2.39. The lowest BCUT2D eigenvalue weighted by atomic mass is 9.95. The zero-order valence-electron chi connectivity index (χ0n) is 11.5. The SMILES string of the molecule is O=C(O)CCN(CC(=O)O)CC(=O)NC1CCCCC1. The van der Waals surface area contributed by atoms with Crippen molar-refractivity contribution in [2.75, 3.05) is 19.6 Å². The van der Waals surface area contributed by atoms with Gasteiger partial charge in [0.05, 0.1) is 19.5 Å². The van der Waals surface area contributed by atoms with Gasteiger partial charge in [-0.3, -0.25) is 19.3 Å². The summed E-state index contributed by atoms with van der Waals surface area (Å²) in [5.74, 6) is -2.31. The van der Waals surface area contributed by atoms with Crippen molar-refractivity contribution in [2.45, 2.75) is 44.6 Å². The van der Waals surface area contributed by atoms with Gasteiger partial charge in [0.15, 0.2) is 0 Å². The monoisotopic (exact) mass is 286 g/mol. The molecule has 1 aliphatic rings. The highest BCUT2D eigenvalue weighted by Gasteiger charge is 2.19. The molecule has 7 heteroatoms. The van der Waals surface area contributed by atoms with Crippen molar-refractivity contribution in [3.8, 4) is 0 Å². The minimum absolute atomic E-state index is 0.0553. The van der Waals surface area contributed by atoms with Crippen LogP contribution in [0.1, 0.15) is 38.5 Å². The third-order valence-electron chi connectivity index (χ3n) is 3.34. The number of nitrogens with zero attached hydrogens (tertiary/aromatic N) is 1. The van der Waals surface area contributed by atoms with Gasteiger partial charge >= 0.3 is 11.9 Å². The number of rotatable bonds is 8. The molecule has 20 heavy (non-hydrogen) atoms. The molecule has 0 aromatic heterocycles. The van der Waals surface area contributed by atoms with E-state index in [1.165, 1.54) is 11.3 Å². The molecule has 0 saturated heterocycles. The maximum atomic E-state index is 11.9. The van der Waals surface area contributed by atoms with Crippen molar-refractivity contribution in [1.29, 1.82) is 0 Å². The van der Waals surface area contributed by atoms with E-state index in [0.29, 0.717) is 0 Å². The smallest absolute Gasteiger partial charge is 0.317 e. The predicted octanol–water partition coefficient (Wildman–Crippen LogP) is 0.297. The van der Waals surface area contributed by atoms with Crippen molar-refractivity contribution in [3.05, 3.63) is 0 Å². The highest BCUT2D eigenvalue weighted by Crippen LogP contribution is 2.17. The molecule has 0 aromatic rings. The second kappa shape index (κ2) is 8.52. The van der Waals surface area contributed by atoms with Gasteiger partial charge in [-0.25, -0.2) is 0 Å². The third kappa shape index (κ3) is 7.08. The summed E-state index contributed by atoms with van der Waals surface area (Å²) in [5, 5.41) is 20.3. The van der Waals surface area contributed by atoms with E-state index in [1.54, 1.807) is 0 Å². The van der Waals surface area contributed by atoms with Crippen molar-refractivity contribution in [1.82, 2.24) is 10.2 Å². The summed E-state index contributed by atoms with van der Waals surface area (Å²) in [5.41, 5.74) is 0. The average Bonchev–Trinajstić information content (AvgIpc) is 2.36. The molecule has 0 aromatic carbocycles. The van der Waals surface area contributed by atoms with Crippen LogP contribution >= 0.6 is 0 Å². The van der Waals surface area contributed by atoms with E-state index in [2.05, 4.69) is 5.32 Å². The summed E-state index contributed by atoms with van der Waals surface area (Å²) >= 11 is 0. The standard InChI is InChI=1S/C13H22N2O5/c16-11(14-10-4-2-1-3-5-10)8-15(9-13(19)20)7-6-12(17)18/h10H,1-9H2,(H,14,16)(H,17,18)(H,19,20). The first-order chi connectivity index (χ1) is 9.47. The predicted molar refractivity (Wildman–Crippen MR) is 71.3 cm³/mol. The summed E-state index contributed by atoms with van der Waals surface area (Å²) in [4.78, 5) is 34.4. The van der Waals surface area contributed by atoms with Crippen LogP contribution in [0.3, 0.4) is 0 Å². The molecule has 0 atom stereocenters. The molecule has 0 radical (unpaired) electrons. The molecule has 0 bridgehead atoms. The van der Waals surface area contributed by atoms with Crippen LogP contribution < -0.4 is 5.32 Å². The number of hydrogen-bond acceptors (Lipinski definition) is 4. The lowest BCUT2D eigenvalue weighted by Gasteiger charge is -2.25. The number of nitrogens with one attached hydrogen (secondary N) is 1. The van der Waals surface area contributed by atoms with Gasteiger partial charge in [-0.1, -0.05) is 19.3 Å². The average molecular weight is 286 g/mol. The lowest BCUT2D eigenvalue weighted by molar-refractivity contribution is -0.141. The number of amides is 1. The van der Waals surface area contributed by atoms with Crippen LogP contribution in [-0.4, -0.2) is 58.6 Å². The first-order valence-corrected chi connectivity index (χ1v) is 6.92. The van der Waals surface area contributed by atoms with E-state index in [4.69, 9.17) is 10.2 Å². The zero-order chi connectivity index (χ0) is 15.0. The first kappa shape index (κ1) is 16.4. The Morgan fingerprint density at radius 3 is 2.20 bits per heavy atom. The molecule has 7 nitrogen and oxygen atoms in total. The van der Waals surface area contributed by atoms with Crippen LogP contribution in [0.4, 0.5) is 0 Å². The molecule has 1 aliphatic carbocycles. The fraction of sp³-hybridized carbons (Fsp3) is 0.769. The highest BCUT2D eigenvalue weighted by atomic mass is 16.4. The molecule has 1 saturated carbocycles. The third-order valence-corrected chi connectivity index (χ3v) is 3.34. The Morgan fingerprint density at radius 1 is 1.00 bits per heavy atom.